The first-order valence-corrected chi connectivity index (χ1v) is 13.9. The zero-order valence-electron chi connectivity index (χ0n) is 22.5. The van der Waals surface area contributed by atoms with E-state index in [1.54, 1.807) is 7.11 Å². The number of fused-ring (bicyclic) bond motifs is 1. The van der Waals surface area contributed by atoms with Crippen molar-refractivity contribution in [2.45, 2.75) is 38.3 Å². The van der Waals surface area contributed by atoms with Crippen LogP contribution in [0.25, 0.3) is 0 Å². The van der Waals surface area contributed by atoms with Gasteiger partial charge in [0.2, 0.25) is 0 Å². The van der Waals surface area contributed by atoms with Crippen LogP contribution in [0.2, 0.25) is 0 Å². The second kappa shape index (κ2) is 13.5. The number of rotatable bonds is 12. The minimum atomic E-state index is 0.233. The van der Waals surface area contributed by atoms with Crippen LogP contribution in [0.15, 0.2) is 72.8 Å². The fourth-order valence-electron chi connectivity index (χ4n) is 5.29. The lowest BCUT2D eigenvalue weighted by Gasteiger charge is -2.39. The Kier molecular flexibility index (Phi) is 9.40. The zero-order valence-corrected chi connectivity index (χ0v) is 22.5. The average Bonchev–Trinajstić information content (AvgIpc) is 2.98. The van der Waals surface area contributed by atoms with E-state index in [-0.39, 0.29) is 6.04 Å². The number of piperidine rings is 1. The summed E-state index contributed by atoms with van der Waals surface area (Å²) in [5.41, 5.74) is 3.65. The molecule has 0 radical (unpaired) electrons. The molecule has 0 N–H and O–H groups in total. The predicted octanol–water partition coefficient (Wildman–Crippen LogP) is 5.59. The van der Waals surface area contributed by atoms with Crippen molar-refractivity contribution >= 4 is 5.69 Å². The molecule has 0 bridgehead atoms. The molecule has 0 spiro atoms. The molecule has 202 valence electrons. The molecule has 38 heavy (non-hydrogen) atoms. The van der Waals surface area contributed by atoms with Crippen LogP contribution in [0, 0.1) is 0 Å². The predicted molar refractivity (Wildman–Crippen MR) is 152 cm³/mol. The molecule has 0 aliphatic carbocycles. The molecule has 0 unspecified atom stereocenters. The van der Waals surface area contributed by atoms with Gasteiger partial charge in [-0.3, -0.25) is 0 Å². The van der Waals surface area contributed by atoms with Crippen LogP contribution in [0.5, 0.6) is 17.2 Å². The molecule has 3 aromatic rings. The first-order chi connectivity index (χ1) is 18.8. The Labute approximate surface area is 227 Å². The van der Waals surface area contributed by atoms with Crippen molar-refractivity contribution in [3.63, 3.8) is 0 Å². The molecule has 1 saturated heterocycles. The number of anilines is 1. The summed E-state index contributed by atoms with van der Waals surface area (Å²) in [6.07, 6.45) is 4.91. The molecule has 1 atom stereocenters. The summed E-state index contributed by atoms with van der Waals surface area (Å²) >= 11 is 0. The quantitative estimate of drug-likeness (QED) is 0.293. The summed E-state index contributed by atoms with van der Waals surface area (Å²) in [5.74, 6) is 2.70. The Hall–Kier alpha value is -3.22. The van der Waals surface area contributed by atoms with Crippen LogP contribution in [-0.2, 0) is 17.7 Å². The van der Waals surface area contributed by atoms with E-state index in [4.69, 9.17) is 18.9 Å². The highest BCUT2D eigenvalue weighted by Gasteiger charge is 2.27. The normalized spacial score (nSPS) is 17.5. The van der Waals surface area contributed by atoms with Gasteiger partial charge in [0.05, 0.1) is 32.1 Å². The van der Waals surface area contributed by atoms with Crippen LogP contribution in [0.1, 0.15) is 30.4 Å². The van der Waals surface area contributed by atoms with Gasteiger partial charge in [0.15, 0.2) is 0 Å². The van der Waals surface area contributed by atoms with Gasteiger partial charge >= 0.3 is 0 Å². The molecule has 0 amide bonds. The van der Waals surface area contributed by atoms with Gasteiger partial charge in [-0.15, -0.1) is 0 Å². The highest BCUT2D eigenvalue weighted by atomic mass is 16.5. The molecule has 6 heteroatoms. The SMILES string of the molecule is COc1ccc(C[C@H]2COc3ccccc3N2Cc2ccc(OCCOCCN3CCCCC3)cc2)cc1. The number of nitrogens with zero attached hydrogens (tertiary/aromatic N) is 2. The van der Waals surface area contributed by atoms with Crippen molar-refractivity contribution in [1.29, 1.82) is 0 Å². The summed E-state index contributed by atoms with van der Waals surface area (Å²) in [7, 11) is 1.70. The molecule has 0 aromatic heterocycles. The summed E-state index contributed by atoms with van der Waals surface area (Å²) < 4.78 is 23.2. The van der Waals surface area contributed by atoms with Gasteiger partial charge in [0, 0.05) is 13.1 Å². The Balaban J connectivity index is 1.14. The van der Waals surface area contributed by atoms with Crippen molar-refractivity contribution < 1.29 is 18.9 Å². The van der Waals surface area contributed by atoms with Gasteiger partial charge < -0.3 is 28.7 Å². The standard InChI is InChI=1S/C32H40N2O4/c1-35-29-13-9-26(10-14-29)23-28-25-38-32-8-4-3-7-31(32)34(28)24-27-11-15-30(16-12-27)37-22-21-36-20-19-33-17-5-2-6-18-33/h3-4,7-16,28H,2,5-6,17-25H2,1H3/t28-/m0/s1. The van der Waals surface area contributed by atoms with Crippen LogP contribution in [0.4, 0.5) is 5.69 Å². The van der Waals surface area contributed by atoms with E-state index >= 15 is 0 Å². The van der Waals surface area contributed by atoms with Gasteiger partial charge in [-0.1, -0.05) is 42.8 Å². The number of hydrogen-bond donors (Lipinski definition) is 0. The third-order valence-electron chi connectivity index (χ3n) is 7.45. The van der Waals surface area contributed by atoms with Gasteiger partial charge in [-0.2, -0.15) is 0 Å². The second-order valence-corrected chi connectivity index (χ2v) is 10.1. The van der Waals surface area contributed by atoms with Crippen LogP contribution >= 0.6 is 0 Å². The third-order valence-corrected chi connectivity index (χ3v) is 7.45. The molecular formula is C32H40N2O4. The maximum atomic E-state index is 6.15. The van der Waals surface area contributed by atoms with E-state index in [0.717, 1.165) is 49.1 Å². The van der Waals surface area contributed by atoms with Crippen molar-refractivity contribution in [2.24, 2.45) is 0 Å². The van der Waals surface area contributed by atoms with Gasteiger partial charge in [-0.25, -0.2) is 0 Å². The molecule has 5 rings (SSSR count). The number of para-hydroxylation sites is 2. The molecule has 6 nitrogen and oxygen atoms in total. The van der Waals surface area contributed by atoms with E-state index < -0.39 is 0 Å². The van der Waals surface area contributed by atoms with E-state index in [0.29, 0.717) is 19.8 Å². The molecule has 2 aliphatic rings. The number of benzene rings is 3. The highest BCUT2D eigenvalue weighted by Crippen LogP contribution is 2.36. The fourth-order valence-corrected chi connectivity index (χ4v) is 5.29. The van der Waals surface area contributed by atoms with Gasteiger partial charge in [-0.05, 0) is 79.9 Å². The van der Waals surface area contributed by atoms with E-state index in [1.807, 2.05) is 18.2 Å². The van der Waals surface area contributed by atoms with E-state index in [1.165, 1.54) is 43.5 Å². The van der Waals surface area contributed by atoms with Gasteiger partial charge in [0.25, 0.3) is 0 Å². The average molecular weight is 517 g/mol. The molecule has 3 aromatic carbocycles. The second-order valence-electron chi connectivity index (χ2n) is 10.1. The highest BCUT2D eigenvalue weighted by molar-refractivity contribution is 5.61. The smallest absolute Gasteiger partial charge is 0.142 e. The molecule has 2 aliphatic heterocycles. The first-order valence-electron chi connectivity index (χ1n) is 13.9. The van der Waals surface area contributed by atoms with Crippen LogP contribution in [0.3, 0.4) is 0 Å². The van der Waals surface area contributed by atoms with Crippen LogP contribution in [-0.4, -0.2) is 64.1 Å². The van der Waals surface area contributed by atoms with E-state index in [2.05, 4.69) is 64.4 Å². The third kappa shape index (κ3) is 7.21. The summed E-state index contributed by atoms with van der Waals surface area (Å²) in [5, 5.41) is 0. The van der Waals surface area contributed by atoms with Gasteiger partial charge in [0.1, 0.15) is 30.5 Å². The zero-order chi connectivity index (χ0) is 26.0. The number of hydrogen-bond acceptors (Lipinski definition) is 6. The fraction of sp³-hybridized carbons (Fsp3) is 0.438. The van der Waals surface area contributed by atoms with Crippen molar-refractivity contribution in [1.82, 2.24) is 4.90 Å². The Morgan fingerprint density at radius 3 is 2.32 bits per heavy atom. The Morgan fingerprint density at radius 2 is 1.53 bits per heavy atom. The number of ether oxygens (including phenoxy) is 4. The number of likely N-dealkylation sites (tertiary alicyclic amines) is 1. The topological polar surface area (TPSA) is 43.4 Å². The Morgan fingerprint density at radius 1 is 0.789 bits per heavy atom. The molecule has 2 heterocycles. The maximum absolute atomic E-state index is 6.15. The lowest BCUT2D eigenvalue weighted by atomic mass is 10.0. The Bertz CT molecular complexity index is 1110. The monoisotopic (exact) mass is 516 g/mol. The summed E-state index contributed by atoms with van der Waals surface area (Å²) in [6.45, 7) is 6.88. The first kappa shape index (κ1) is 26.4. The van der Waals surface area contributed by atoms with Crippen molar-refractivity contribution in [3.05, 3.63) is 83.9 Å². The van der Waals surface area contributed by atoms with E-state index in [9.17, 15) is 0 Å². The van der Waals surface area contributed by atoms with Crippen molar-refractivity contribution in [2.75, 3.05) is 58.1 Å². The minimum Gasteiger partial charge on any atom is -0.497 e. The summed E-state index contributed by atoms with van der Waals surface area (Å²) in [4.78, 5) is 4.96. The lowest BCUT2D eigenvalue weighted by Crippen LogP contribution is -2.44. The number of methoxy groups -OCH3 is 1. The maximum Gasteiger partial charge on any atom is 0.142 e. The summed E-state index contributed by atoms with van der Waals surface area (Å²) in [6, 6.07) is 25.3. The minimum absolute atomic E-state index is 0.233. The van der Waals surface area contributed by atoms with Crippen LogP contribution < -0.4 is 19.1 Å². The molecule has 0 saturated carbocycles. The lowest BCUT2D eigenvalue weighted by molar-refractivity contribution is 0.0750. The largest absolute Gasteiger partial charge is 0.497 e. The molecular weight excluding hydrogens is 476 g/mol. The molecule has 1 fully saturated rings. The van der Waals surface area contributed by atoms with Crippen molar-refractivity contribution in [3.8, 4) is 17.2 Å².